The Kier molecular flexibility index (Phi) is 4.57. The van der Waals surface area contributed by atoms with Crippen LogP contribution >= 0.6 is 0 Å². The summed E-state index contributed by atoms with van der Waals surface area (Å²) < 4.78 is 0. The smallest absolute Gasteiger partial charge is 0.132 e. The zero-order valence-corrected chi connectivity index (χ0v) is 12.1. The molecule has 0 fully saturated rings. The summed E-state index contributed by atoms with van der Waals surface area (Å²) in [5, 5.41) is 0. The fourth-order valence-electron chi connectivity index (χ4n) is 2.01. The monoisotopic (exact) mass is 272 g/mol. The van der Waals surface area contributed by atoms with E-state index in [1.807, 2.05) is 26.1 Å². The minimum absolute atomic E-state index is 0.109. The molecule has 0 saturated carbocycles. The number of rotatable bonds is 5. The second-order valence-electron chi connectivity index (χ2n) is 4.72. The second kappa shape index (κ2) is 6.38. The van der Waals surface area contributed by atoms with Crippen LogP contribution in [0.4, 0.5) is 5.82 Å². The molecule has 20 heavy (non-hydrogen) atoms. The lowest BCUT2D eigenvalue weighted by Gasteiger charge is -2.25. The molecule has 0 saturated heterocycles. The molecule has 2 aromatic heterocycles. The molecule has 0 bridgehead atoms. The van der Waals surface area contributed by atoms with E-state index in [0.29, 0.717) is 6.54 Å². The fourth-order valence-corrected chi connectivity index (χ4v) is 2.01. The second-order valence-corrected chi connectivity index (χ2v) is 4.72. The molecule has 0 spiro atoms. The van der Waals surface area contributed by atoms with Crippen molar-refractivity contribution in [2.75, 3.05) is 18.5 Å². The van der Waals surface area contributed by atoms with Crippen LogP contribution in [0.3, 0.4) is 0 Å². The zero-order valence-electron chi connectivity index (χ0n) is 12.1. The van der Waals surface area contributed by atoms with Crippen LogP contribution in [0, 0.1) is 6.92 Å². The number of aromatic nitrogens is 4. The maximum absolute atomic E-state index is 5.60. The van der Waals surface area contributed by atoms with Crippen molar-refractivity contribution >= 4 is 5.82 Å². The van der Waals surface area contributed by atoms with E-state index in [1.165, 1.54) is 0 Å². The maximum atomic E-state index is 5.60. The third kappa shape index (κ3) is 3.27. The molecule has 2 rings (SSSR count). The van der Waals surface area contributed by atoms with Gasteiger partial charge in [-0.3, -0.25) is 0 Å². The highest BCUT2D eigenvalue weighted by atomic mass is 15.2. The van der Waals surface area contributed by atoms with E-state index in [4.69, 9.17) is 5.73 Å². The van der Waals surface area contributed by atoms with Gasteiger partial charge in [0, 0.05) is 31.4 Å². The van der Waals surface area contributed by atoms with Crippen LogP contribution < -0.4 is 10.6 Å². The van der Waals surface area contributed by atoms with Gasteiger partial charge in [-0.15, -0.1) is 0 Å². The minimum Gasteiger partial charge on any atom is -0.351 e. The van der Waals surface area contributed by atoms with Crippen LogP contribution in [-0.2, 0) is 6.42 Å². The topological polar surface area (TPSA) is 80.8 Å². The molecule has 0 radical (unpaired) electrons. The van der Waals surface area contributed by atoms with E-state index in [1.54, 1.807) is 12.5 Å². The van der Waals surface area contributed by atoms with Crippen LogP contribution in [0.15, 0.2) is 24.7 Å². The van der Waals surface area contributed by atoms with E-state index in [2.05, 4.69) is 31.8 Å². The molecule has 0 unspecified atom stereocenters. The number of hydrogen-bond acceptors (Lipinski definition) is 6. The van der Waals surface area contributed by atoms with Crippen molar-refractivity contribution in [3.05, 3.63) is 41.9 Å². The largest absolute Gasteiger partial charge is 0.351 e. The molecule has 0 aromatic carbocycles. The summed E-state index contributed by atoms with van der Waals surface area (Å²) in [7, 11) is 2.00. The highest BCUT2D eigenvalue weighted by Gasteiger charge is 2.15. The molecule has 0 aliphatic heterocycles. The van der Waals surface area contributed by atoms with Crippen molar-refractivity contribution in [2.24, 2.45) is 5.73 Å². The van der Waals surface area contributed by atoms with E-state index < -0.39 is 0 Å². The summed E-state index contributed by atoms with van der Waals surface area (Å²) in [5.74, 6) is 1.64. The van der Waals surface area contributed by atoms with E-state index in [0.717, 1.165) is 29.5 Å². The lowest BCUT2D eigenvalue weighted by atomic mass is 10.2. The molecular formula is C14H20N6. The highest BCUT2D eigenvalue weighted by molar-refractivity contribution is 5.41. The van der Waals surface area contributed by atoms with Crippen molar-refractivity contribution in [1.29, 1.82) is 0 Å². The number of nitrogens with zero attached hydrogens (tertiary/aromatic N) is 5. The summed E-state index contributed by atoms with van der Waals surface area (Å²) in [6, 6.07) is 4.01. The first kappa shape index (κ1) is 14.3. The predicted molar refractivity (Wildman–Crippen MR) is 78.4 cm³/mol. The van der Waals surface area contributed by atoms with Crippen LogP contribution in [0.2, 0.25) is 0 Å². The quantitative estimate of drug-likeness (QED) is 0.883. The van der Waals surface area contributed by atoms with Gasteiger partial charge in [-0.1, -0.05) is 0 Å². The Morgan fingerprint density at radius 3 is 2.80 bits per heavy atom. The van der Waals surface area contributed by atoms with Crippen molar-refractivity contribution in [1.82, 2.24) is 19.9 Å². The van der Waals surface area contributed by atoms with E-state index in [-0.39, 0.29) is 6.04 Å². The molecule has 0 aliphatic carbocycles. The molecule has 106 valence electrons. The van der Waals surface area contributed by atoms with E-state index in [9.17, 15) is 0 Å². The molecule has 0 amide bonds. The van der Waals surface area contributed by atoms with Crippen molar-refractivity contribution < 1.29 is 0 Å². The van der Waals surface area contributed by atoms with Gasteiger partial charge in [0.05, 0.1) is 11.7 Å². The Bertz CT molecular complexity index is 557. The van der Waals surface area contributed by atoms with Crippen molar-refractivity contribution in [2.45, 2.75) is 26.3 Å². The molecule has 2 N–H and O–H groups in total. The van der Waals surface area contributed by atoms with Gasteiger partial charge in [0.25, 0.3) is 0 Å². The van der Waals surface area contributed by atoms with Gasteiger partial charge in [-0.05, 0) is 26.5 Å². The van der Waals surface area contributed by atoms with E-state index >= 15 is 0 Å². The number of aryl methyl sites for hydroxylation is 1. The number of anilines is 1. The highest BCUT2D eigenvalue weighted by Crippen LogP contribution is 2.22. The molecular weight excluding hydrogens is 252 g/mol. The predicted octanol–water partition coefficient (Wildman–Crippen LogP) is 1.27. The summed E-state index contributed by atoms with van der Waals surface area (Å²) in [4.78, 5) is 19.2. The minimum atomic E-state index is 0.109. The van der Waals surface area contributed by atoms with Crippen molar-refractivity contribution in [3.63, 3.8) is 0 Å². The van der Waals surface area contributed by atoms with Gasteiger partial charge in [-0.25, -0.2) is 19.9 Å². The SMILES string of the molecule is Cc1nc(CCN)cc(N(C)[C@@H](C)c2ccncn2)n1. The van der Waals surface area contributed by atoms with Gasteiger partial charge >= 0.3 is 0 Å². The number of nitrogens with two attached hydrogens (primary N) is 1. The molecule has 2 heterocycles. The van der Waals surface area contributed by atoms with Crippen molar-refractivity contribution in [3.8, 4) is 0 Å². The van der Waals surface area contributed by atoms with Gasteiger partial charge < -0.3 is 10.6 Å². The normalized spacial score (nSPS) is 12.2. The Morgan fingerprint density at radius 2 is 2.15 bits per heavy atom. The summed E-state index contributed by atoms with van der Waals surface area (Å²) in [5.41, 5.74) is 7.52. The van der Waals surface area contributed by atoms with Crippen LogP contribution in [-0.4, -0.2) is 33.5 Å². The Hall–Kier alpha value is -2.08. The molecule has 6 nitrogen and oxygen atoms in total. The summed E-state index contributed by atoms with van der Waals surface area (Å²) in [6.45, 7) is 4.57. The fraction of sp³-hybridized carbons (Fsp3) is 0.429. The molecule has 0 aliphatic rings. The lowest BCUT2D eigenvalue weighted by molar-refractivity contribution is 0.696. The molecule has 1 atom stereocenters. The lowest BCUT2D eigenvalue weighted by Crippen LogP contribution is -2.24. The Morgan fingerprint density at radius 1 is 1.35 bits per heavy atom. The first-order valence-corrected chi connectivity index (χ1v) is 6.65. The standard InChI is InChI=1S/C14H20N6/c1-10(13-5-7-16-9-17-13)20(3)14-8-12(4-6-15)18-11(2)19-14/h5,7-10H,4,6,15H2,1-3H3/t10-/m0/s1. The van der Waals surface area contributed by atoms with Crippen LogP contribution in [0.5, 0.6) is 0 Å². The van der Waals surface area contributed by atoms with Gasteiger partial charge in [0.2, 0.25) is 0 Å². The third-order valence-electron chi connectivity index (χ3n) is 3.25. The Balaban J connectivity index is 2.26. The number of hydrogen-bond donors (Lipinski definition) is 1. The zero-order chi connectivity index (χ0) is 14.5. The van der Waals surface area contributed by atoms with Crippen LogP contribution in [0.25, 0.3) is 0 Å². The van der Waals surface area contributed by atoms with Gasteiger partial charge in [-0.2, -0.15) is 0 Å². The maximum Gasteiger partial charge on any atom is 0.132 e. The van der Waals surface area contributed by atoms with Crippen LogP contribution in [0.1, 0.15) is 30.2 Å². The average molecular weight is 272 g/mol. The molecule has 6 heteroatoms. The first-order valence-electron chi connectivity index (χ1n) is 6.65. The first-order chi connectivity index (χ1) is 9.61. The average Bonchev–Trinajstić information content (AvgIpc) is 2.46. The third-order valence-corrected chi connectivity index (χ3v) is 3.25. The molecule has 2 aromatic rings. The van der Waals surface area contributed by atoms with Gasteiger partial charge in [0.1, 0.15) is 18.0 Å². The summed E-state index contributed by atoms with van der Waals surface area (Å²) in [6.07, 6.45) is 4.06. The Labute approximate surface area is 119 Å². The summed E-state index contributed by atoms with van der Waals surface area (Å²) >= 11 is 0. The van der Waals surface area contributed by atoms with Gasteiger partial charge in [0.15, 0.2) is 0 Å².